The molecule has 0 unspecified atom stereocenters. The predicted molar refractivity (Wildman–Crippen MR) is 87.3 cm³/mol. The van der Waals surface area contributed by atoms with Gasteiger partial charge in [0.1, 0.15) is 5.75 Å². The van der Waals surface area contributed by atoms with E-state index in [1.165, 1.54) is 0 Å². The minimum atomic E-state index is -0.178. The van der Waals surface area contributed by atoms with Crippen LogP contribution in [0, 0.1) is 0 Å². The van der Waals surface area contributed by atoms with E-state index in [1.807, 2.05) is 36.4 Å². The number of benzene rings is 2. The van der Waals surface area contributed by atoms with Gasteiger partial charge in [-0.25, -0.2) is 0 Å². The molecule has 118 valence electrons. The second-order valence-electron chi connectivity index (χ2n) is 5.47. The second kappa shape index (κ2) is 6.52. The number of ether oxygens (including phenoxy) is 1. The van der Waals surface area contributed by atoms with Gasteiger partial charge >= 0.3 is 0 Å². The van der Waals surface area contributed by atoms with Crippen LogP contribution in [0.25, 0.3) is 0 Å². The SMILES string of the molecule is CN1C(=O)Cc2cc(CNC(=O)COc3ccccc3)ccc21. The number of likely N-dealkylation sites (N-methyl/N-ethyl adjacent to an activating group) is 1. The molecule has 0 spiro atoms. The average molecular weight is 310 g/mol. The van der Waals surface area contributed by atoms with Crippen LogP contribution in [0.1, 0.15) is 11.1 Å². The number of nitrogens with one attached hydrogen (secondary N) is 1. The lowest BCUT2D eigenvalue weighted by molar-refractivity contribution is -0.123. The number of anilines is 1. The van der Waals surface area contributed by atoms with Crippen LogP contribution in [0.2, 0.25) is 0 Å². The van der Waals surface area contributed by atoms with Crippen molar-refractivity contribution in [2.45, 2.75) is 13.0 Å². The van der Waals surface area contributed by atoms with Gasteiger partial charge in [0.05, 0.1) is 6.42 Å². The lowest BCUT2D eigenvalue weighted by Gasteiger charge is -2.11. The Labute approximate surface area is 134 Å². The molecule has 1 aliphatic heterocycles. The van der Waals surface area contributed by atoms with Crippen molar-refractivity contribution in [3.05, 3.63) is 59.7 Å². The van der Waals surface area contributed by atoms with Crippen LogP contribution in [-0.4, -0.2) is 25.5 Å². The Bertz CT molecular complexity index is 728. The molecule has 5 heteroatoms. The number of carbonyl (C=O) groups excluding carboxylic acids is 2. The molecular weight excluding hydrogens is 292 g/mol. The molecule has 0 aliphatic carbocycles. The summed E-state index contributed by atoms with van der Waals surface area (Å²) in [5.74, 6) is 0.585. The highest BCUT2D eigenvalue weighted by molar-refractivity contribution is 6.00. The fourth-order valence-electron chi connectivity index (χ4n) is 2.55. The summed E-state index contributed by atoms with van der Waals surface area (Å²) in [5.41, 5.74) is 2.92. The number of para-hydroxylation sites is 1. The lowest BCUT2D eigenvalue weighted by atomic mass is 10.1. The number of hydrogen-bond acceptors (Lipinski definition) is 3. The highest BCUT2D eigenvalue weighted by Crippen LogP contribution is 2.28. The minimum absolute atomic E-state index is 0.0177. The van der Waals surface area contributed by atoms with Crippen molar-refractivity contribution in [2.75, 3.05) is 18.6 Å². The minimum Gasteiger partial charge on any atom is -0.484 e. The molecule has 1 heterocycles. The molecule has 0 radical (unpaired) electrons. The van der Waals surface area contributed by atoms with E-state index in [1.54, 1.807) is 24.1 Å². The van der Waals surface area contributed by atoms with E-state index in [0.717, 1.165) is 16.8 Å². The van der Waals surface area contributed by atoms with Crippen molar-refractivity contribution in [1.29, 1.82) is 0 Å². The number of fused-ring (bicyclic) bond motifs is 1. The third-order valence-electron chi connectivity index (χ3n) is 3.82. The molecule has 0 fully saturated rings. The van der Waals surface area contributed by atoms with Crippen molar-refractivity contribution in [2.24, 2.45) is 0 Å². The Balaban J connectivity index is 1.52. The second-order valence-corrected chi connectivity index (χ2v) is 5.47. The smallest absolute Gasteiger partial charge is 0.258 e. The lowest BCUT2D eigenvalue weighted by Crippen LogP contribution is -2.28. The molecule has 1 N–H and O–H groups in total. The monoisotopic (exact) mass is 310 g/mol. The quantitative estimate of drug-likeness (QED) is 0.917. The third kappa shape index (κ3) is 3.51. The first-order valence-electron chi connectivity index (χ1n) is 7.46. The molecule has 3 rings (SSSR count). The van der Waals surface area contributed by atoms with Crippen molar-refractivity contribution in [1.82, 2.24) is 5.32 Å². The van der Waals surface area contributed by atoms with Gasteiger partial charge in [-0.15, -0.1) is 0 Å². The maximum atomic E-state index is 11.8. The maximum absolute atomic E-state index is 11.8. The van der Waals surface area contributed by atoms with E-state index in [9.17, 15) is 9.59 Å². The van der Waals surface area contributed by atoms with Gasteiger partial charge in [0, 0.05) is 19.3 Å². The number of carbonyl (C=O) groups is 2. The first kappa shape index (κ1) is 15.1. The summed E-state index contributed by atoms with van der Waals surface area (Å²) in [5, 5.41) is 2.82. The summed E-state index contributed by atoms with van der Waals surface area (Å²) in [6, 6.07) is 15.0. The fourth-order valence-corrected chi connectivity index (χ4v) is 2.55. The molecule has 0 saturated heterocycles. The Kier molecular flexibility index (Phi) is 4.28. The summed E-state index contributed by atoms with van der Waals surface area (Å²) in [6.45, 7) is 0.401. The molecule has 0 bridgehead atoms. The van der Waals surface area contributed by atoms with Crippen LogP contribution < -0.4 is 15.0 Å². The van der Waals surface area contributed by atoms with E-state index < -0.39 is 0 Å². The number of rotatable bonds is 5. The molecule has 23 heavy (non-hydrogen) atoms. The molecular formula is C18H18N2O3. The maximum Gasteiger partial charge on any atom is 0.258 e. The van der Waals surface area contributed by atoms with Gasteiger partial charge < -0.3 is 15.0 Å². The summed E-state index contributed by atoms with van der Waals surface area (Å²) in [4.78, 5) is 25.2. The van der Waals surface area contributed by atoms with Gasteiger partial charge in [-0.1, -0.05) is 30.3 Å². The molecule has 2 aromatic carbocycles. The highest BCUT2D eigenvalue weighted by atomic mass is 16.5. The van der Waals surface area contributed by atoms with Crippen LogP contribution in [0.3, 0.4) is 0 Å². The standard InChI is InChI=1S/C18H18N2O3/c1-20-16-8-7-13(9-14(16)10-18(20)22)11-19-17(21)12-23-15-5-3-2-4-6-15/h2-9H,10-12H2,1H3,(H,19,21). The van der Waals surface area contributed by atoms with Gasteiger partial charge in [-0.05, 0) is 29.3 Å². The van der Waals surface area contributed by atoms with Crippen molar-refractivity contribution < 1.29 is 14.3 Å². The molecule has 2 amide bonds. The van der Waals surface area contributed by atoms with Crippen LogP contribution >= 0.6 is 0 Å². The summed E-state index contributed by atoms with van der Waals surface area (Å²) < 4.78 is 5.39. The van der Waals surface area contributed by atoms with E-state index in [4.69, 9.17) is 4.74 Å². The van der Waals surface area contributed by atoms with Gasteiger partial charge in [0.15, 0.2) is 6.61 Å². The topological polar surface area (TPSA) is 58.6 Å². The van der Waals surface area contributed by atoms with E-state index >= 15 is 0 Å². The first-order chi connectivity index (χ1) is 11.1. The molecule has 0 atom stereocenters. The van der Waals surface area contributed by atoms with Crippen molar-refractivity contribution in [3.8, 4) is 5.75 Å². The van der Waals surface area contributed by atoms with Gasteiger partial charge in [-0.3, -0.25) is 9.59 Å². The largest absolute Gasteiger partial charge is 0.484 e. The normalized spacial score (nSPS) is 12.9. The summed E-state index contributed by atoms with van der Waals surface area (Å²) in [7, 11) is 1.77. The van der Waals surface area contributed by atoms with Crippen molar-refractivity contribution in [3.63, 3.8) is 0 Å². The zero-order valence-electron chi connectivity index (χ0n) is 12.9. The molecule has 0 aromatic heterocycles. The molecule has 0 saturated carbocycles. The first-order valence-corrected chi connectivity index (χ1v) is 7.46. The van der Waals surface area contributed by atoms with E-state index in [0.29, 0.717) is 18.7 Å². The zero-order valence-corrected chi connectivity index (χ0v) is 12.9. The fraction of sp³-hybridized carbons (Fsp3) is 0.222. The van der Waals surface area contributed by atoms with Gasteiger partial charge in [0.25, 0.3) is 5.91 Å². The number of hydrogen-bond donors (Lipinski definition) is 1. The van der Waals surface area contributed by atoms with Gasteiger partial charge in [-0.2, -0.15) is 0 Å². The average Bonchev–Trinajstić information content (AvgIpc) is 2.86. The predicted octanol–water partition coefficient (Wildman–Crippen LogP) is 1.90. The Hall–Kier alpha value is -2.82. The molecule has 1 aliphatic rings. The molecule has 2 aromatic rings. The Morgan fingerprint density at radius 3 is 2.78 bits per heavy atom. The number of nitrogens with zero attached hydrogens (tertiary/aromatic N) is 1. The zero-order chi connectivity index (χ0) is 16.2. The van der Waals surface area contributed by atoms with Crippen molar-refractivity contribution >= 4 is 17.5 Å². The van der Waals surface area contributed by atoms with E-state index in [-0.39, 0.29) is 18.4 Å². The Morgan fingerprint density at radius 1 is 1.22 bits per heavy atom. The number of amides is 2. The third-order valence-corrected chi connectivity index (χ3v) is 3.82. The van der Waals surface area contributed by atoms with Crippen LogP contribution in [0.4, 0.5) is 5.69 Å². The van der Waals surface area contributed by atoms with E-state index in [2.05, 4.69) is 5.32 Å². The van der Waals surface area contributed by atoms with Gasteiger partial charge in [0.2, 0.25) is 5.91 Å². The van der Waals surface area contributed by atoms with Crippen LogP contribution in [-0.2, 0) is 22.6 Å². The summed E-state index contributed by atoms with van der Waals surface area (Å²) >= 11 is 0. The van der Waals surface area contributed by atoms with Crippen LogP contribution in [0.5, 0.6) is 5.75 Å². The molecule has 5 nitrogen and oxygen atoms in total. The highest BCUT2D eigenvalue weighted by Gasteiger charge is 2.23. The summed E-state index contributed by atoms with van der Waals surface area (Å²) in [6.07, 6.45) is 0.421. The Morgan fingerprint density at radius 2 is 2.00 bits per heavy atom. The van der Waals surface area contributed by atoms with Crippen LogP contribution in [0.15, 0.2) is 48.5 Å².